The molecule has 0 spiro atoms. The number of fused-ring (bicyclic) bond motifs is 1. The van der Waals surface area contributed by atoms with Crippen molar-refractivity contribution < 1.29 is 23.4 Å². The Labute approximate surface area is 147 Å². The summed E-state index contributed by atoms with van der Waals surface area (Å²) in [6.07, 6.45) is 2.81. The number of carbonyl (C=O) groups excluding carboxylic acids is 1. The van der Waals surface area contributed by atoms with Gasteiger partial charge in [0.1, 0.15) is 23.8 Å². The Morgan fingerprint density at radius 1 is 1.28 bits per heavy atom. The number of amides is 1. The molecule has 0 saturated heterocycles. The minimum Gasteiger partial charge on any atom is -0.485 e. The van der Waals surface area contributed by atoms with Crippen molar-refractivity contribution in [2.45, 2.75) is 26.4 Å². The number of benzene rings is 1. The van der Waals surface area contributed by atoms with E-state index in [4.69, 9.17) is 14.2 Å². The first-order valence-corrected chi connectivity index (χ1v) is 7.69. The lowest BCUT2D eigenvalue weighted by Gasteiger charge is -2.18. The van der Waals surface area contributed by atoms with Crippen molar-refractivity contribution in [1.29, 1.82) is 0 Å². The summed E-state index contributed by atoms with van der Waals surface area (Å²) in [5.41, 5.74) is 0.395. The SMILES string of the molecule is C=CC1=C(C=C)Oc2cc(F)ccc2OC1.CNC(=O)OC(C)(C)C. The van der Waals surface area contributed by atoms with Crippen molar-refractivity contribution in [3.05, 3.63) is 60.7 Å². The van der Waals surface area contributed by atoms with E-state index in [2.05, 4.69) is 18.5 Å². The van der Waals surface area contributed by atoms with Gasteiger partial charge in [0.05, 0.1) is 0 Å². The van der Waals surface area contributed by atoms with Crippen LogP contribution in [-0.2, 0) is 4.74 Å². The predicted molar refractivity (Wildman–Crippen MR) is 95.2 cm³/mol. The Morgan fingerprint density at radius 2 is 1.96 bits per heavy atom. The molecule has 0 aliphatic carbocycles. The molecule has 0 atom stereocenters. The van der Waals surface area contributed by atoms with E-state index in [1.165, 1.54) is 25.2 Å². The number of alkyl carbamates (subject to hydrolysis) is 1. The molecule has 1 amide bonds. The normalized spacial score (nSPS) is 13.0. The molecule has 0 bridgehead atoms. The third-order valence-electron chi connectivity index (χ3n) is 2.86. The molecule has 1 heterocycles. The fourth-order valence-corrected chi connectivity index (χ4v) is 1.75. The van der Waals surface area contributed by atoms with Crippen LogP contribution in [0.5, 0.6) is 11.5 Å². The van der Waals surface area contributed by atoms with E-state index in [9.17, 15) is 9.18 Å². The third-order valence-corrected chi connectivity index (χ3v) is 2.86. The zero-order chi connectivity index (χ0) is 19.0. The highest BCUT2D eigenvalue weighted by atomic mass is 19.1. The molecule has 0 fully saturated rings. The molecule has 136 valence electrons. The monoisotopic (exact) mass is 349 g/mol. The van der Waals surface area contributed by atoms with Gasteiger partial charge in [-0.25, -0.2) is 9.18 Å². The fourth-order valence-electron chi connectivity index (χ4n) is 1.75. The molecule has 1 N–H and O–H groups in total. The molecule has 0 saturated carbocycles. The highest BCUT2D eigenvalue weighted by molar-refractivity contribution is 5.67. The Kier molecular flexibility index (Phi) is 7.23. The lowest BCUT2D eigenvalue weighted by molar-refractivity contribution is 0.0541. The molecular weight excluding hydrogens is 325 g/mol. The van der Waals surface area contributed by atoms with E-state index in [1.807, 2.05) is 20.8 Å². The molecule has 5 nitrogen and oxygen atoms in total. The van der Waals surface area contributed by atoms with Gasteiger partial charge < -0.3 is 19.5 Å². The fraction of sp³-hybridized carbons (Fsp3) is 0.316. The van der Waals surface area contributed by atoms with Gasteiger partial charge >= 0.3 is 6.09 Å². The summed E-state index contributed by atoms with van der Waals surface area (Å²) in [6, 6.07) is 4.15. The van der Waals surface area contributed by atoms with Crippen LogP contribution in [0.25, 0.3) is 0 Å². The van der Waals surface area contributed by atoms with Crippen LogP contribution in [0.4, 0.5) is 9.18 Å². The lowest BCUT2D eigenvalue weighted by atomic mass is 10.2. The second kappa shape index (κ2) is 8.92. The molecule has 0 radical (unpaired) electrons. The van der Waals surface area contributed by atoms with Crippen molar-refractivity contribution in [3.8, 4) is 11.5 Å². The van der Waals surface area contributed by atoms with Crippen LogP contribution in [0.15, 0.2) is 54.8 Å². The third kappa shape index (κ3) is 6.71. The number of hydrogen-bond acceptors (Lipinski definition) is 4. The van der Waals surface area contributed by atoms with Crippen LogP contribution in [0.3, 0.4) is 0 Å². The summed E-state index contributed by atoms with van der Waals surface area (Å²) in [5, 5.41) is 2.36. The van der Waals surface area contributed by atoms with Crippen molar-refractivity contribution in [2.75, 3.05) is 13.7 Å². The number of ether oxygens (including phenoxy) is 3. The number of halogens is 1. The first kappa shape index (κ1) is 20.3. The minimum absolute atomic E-state index is 0.337. The molecule has 2 rings (SSSR count). The standard InChI is InChI=1S/C13H11FO2.C6H13NO2/c1-3-9-8-15-12-6-5-10(14)7-13(12)16-11(9)4-2;1-6(2,3)9-5(8)7-4/h3-7H,1-2,8H2;1-4H3,(H,7,8). The van der Waals surface area contributed by atoms with Crippen molar-refractivity contribution in [2.24, 2.45) is 0 Å². The second-order valence-electron chi connectivity index (χ2n) is 6.03. The smallest absolute Gasteiger partial charge is 0.407 e. The quantitative estimate of drug-likeness (QED) is 0.862. The zero-order valence-electron chi connectivity index (χ0n) is 15.0. The topological polar surface area (TPSA) is 56.8 Å². The van der Waals surface area contributed by atoms with Crippen LogP contribution in [0.2, 0.25) is 0 Å². The molecule has 0 aromatic heterocycles. The summed E-state index contributed by atoms with van der Waals surface area (Å²) in [5.74, 6) is 1.04. The Balaban J connectivity index is 0.000000299. The van der Waals surface area contributed by atoms with Gasteiger partial charge in [0.2, 0.25) is 0 Å². The number of carbonyl (C=O) groups is 1. The molecule has 1 aromatic rings. The molecule has 1 aromatic carbocycles. The van der Waals surface area contributed by atoms with Gasteiger partial charge in [-0.15, -0.1) is 0 Å². The predicted octanol–water partition coefficient (Wildman–Crippen LogP) is 4.36. The van der Waals surface area contributed by atoms with E-state index in [1.54, 1.807) is 12.2 Å². The zero-order valence-corrected chi connectivity index (χ0v) is 15.0. The van der Waals surface area contributed by atoms with Crippen molar-refractivity contribution in [3.63, 3.8) is 0 Å². The molecule has 1 aliphatic rings. The Hall–Kier alpha value is -2.76. The number of allylic oxidation sites excluding steroid dienone is 1. The van der Waals surface area contributed by atoms with Crippen LogP contribution in [0.1, 0.15) is 20.8 Å². The first-order valence-electron chi connectivity index (χ1n) is 7.69. The minimum atomic E-state index is -0.389. The van der Waals surface area contributed by atoms with Crippen LogP contribution < -0.4 is 14.8 Å². The molecule has 0 unspecified atom stereocenters. The molecular formula is C19H24FNO4. The van der Waals surface area contributed by atoms with Gasteiger partial charge in [-0.2, -0.15) is 0 Å². The van der Waals surface area contributed by atoms with Gasteiger partial charge in [0, 0.05) is 18.7 Å². The van der Waals surface area contributed by atoms with E-state index in [-0.39, 0.29) is 17.5 Å². The van der Waals surface area contributed by atoms with Crippen LogP contribution in [0, 0.1) is 5.82 Å². The average Bonchev–Trinajstić information content (AvgIpc) is 2.72. The highest BCUT2D eigenvalue weighted by Gasteiger charge is 2.15. The van der Waals surface area contributed by atoms with E-state index in [0.717, 1.165) is 5.57 Å². The largest absolute Gasteiger partial charge is 0.485 e. The van der Waals surface area contributed by atoms with Gasteiger partial charge in [0.15, 0.2) is 11.5 Å². The van der Waals surface area contributed by atoms with Gasteiger partial charge in [-0.1, -0.05) is 19.2 Å². The Bertz CT molecular complexity index is 674. The Morgan fingerprint density at radius 3 is 2.44 bits per heavy atom. The molecule has 6 heteroatoms. The van der Waals surface area contributed by atoms with Gasteiger partial charge in [0.25, 0.3) is 0 Å². The highest BCUT2D eigenvalue weighted by Crippen LogP contribution is 2.33. The van der Waals surface area contributed by atoms with E-state index < -0.39 is 0 Å². The average molecular weight is 349 g/mol. The van der Waals surface area contributed by atoms with E-state index >= 15 is 0 Å². The summed E-state index contributed by atoms with van der Waals surface area (Å²) in [4.78, 5) is 10.5. The van der Waals surface area contributed by atoms with Crippen molar-refractivity contribution >= 4 is 6.09 Å². The van der Waals surface area contributed by atoms with Crippen LogP contribution >= 0.6 is 0 Å². The van der Waals surface area contributed by atoms with E-state index in [0.29, 0.717) is 23.9 Å². The maximum Gasteiger partial charge on any atom is 0.407 e. The summed E-state index contributed by atoms with van der Waals surface area (Å²) < 4.78 is 28.9. The number of hydrogen-bond donors (Lipinski definition) is 1. The molecule has 1 aliphatic heterocycles. The maximum absolute atomic E-state index is 13.0. The summed E-state index contributed by atoms with van der Waals surface area (Å²) in [7, 11) is 1.54. The van der Waals surface area contributed by atoms with Gasteiger partial charge in [-0.05, 0) is 39.0 Å². The van der Waals surface area contributed by atoms with Crippen molar-refractivity contribution in [1.82, 2.24) is 5.32 Å². The summed E-state index contributed by atoms with van der Waals surface area (Å²) in [6.45, 7) is 13.1. The summed E-state index contributed by atoms with van der Waals surface area (Å²) >= 11 is 0. The number of nitrogens with one attached hydrogen (secondary N) is 1. The lowest BCUT2D eigenvalue weighted by Crippen LogP contribution is -2.30. The molecule has 25 heavy (non-hydrogen) atoms. The maximum atomic E-state index is 13.0. The second-order valence-corrected chi connectivity index (χ2v) is 6.03. The number of rotatable bonds is 2. The van der Waals surface area contributed by atoms with Crippen LogP contribution in [-0.4, -0.2) is 25.3 Å². The first-order chi connectivity index (χ1) is 11.7. The van der Waals surface area contributed by atoms with Gasteiger partial charge in [-0.3, -0.25) is 0 Å².